The fourth-order valence-corrected chi connectivity index (χ4v) is 8.34. The van der Waals surface area contributed by atoms with E-state index < -0.39 is 114 Å². The van der Waals surface area contributed by atoms with Gasteiger partial charge in [-0.1, -0.05) is 52.3 Å². The van der Waals surface area contributed by atoms with Gasteiger partial charge in [0.05, 0.1) is 62.7 Å². The van der Waals surface area contributed by atoms with Crippen molar-refractivity contribution in [1.82, 2.24) is 0 Å². The zero-order valence-electron chi connectivity index (χ0n) is 36.2. The van der Waals surface area contributed by atoms with E-state index in [-0.39, 0.29) is 56.9 Å². The summed E-state index contributed by atoms with van der Waals surface area (Å²) in [7, 11) is 2.41. The number of aliphatic hydroxyl groups is 4. The second kappa shape index (κ2) is 20.0. The summed E-state index contributed by atoms with van der Waals surface area (Å²) < 4.78 is 46.5. The molecule has 4 N–H and O–H groups in total. The van der Waals surface area contributed by atoms with E-state index >= 15 is 0 Å². The van der Waals surface area contributed by atoms with Gasteiger partial charge in [0.2, 0.25) is 5.79 Å². The highest BCUT2D eigenvalue weighted by atomic mass is 16.7. The predicted octanol–water partition coefficient (Wildman–Crippen LogP) is 3.17. The fraction of sp³-hybridized carbons (Fsp3) is 0.744. The van der Waals surface area contributed by atoms with Gasteiger partial charge in [0.25, 0.3) is 0 Å². The quantitative estimate of drug-likeness (QED) is 0.124. The van der Waals surface area contributed by atoms with Crippen molar-refractivity contribution >= 4 is 29.8 Å². The molecule has 0 aromatic carbocycles. The lowest BCUT2D eigenvalue weighted by Gasteiger charge is -2.53. The Morgan fingerprint density at radius 2 is 1.57 bits per heavy atom. The lowest BCUT2D eigenvalue weighted by Crippen LogP contribution is -2.62. The number of rotatable bonds is 7. The van der Waals surface area contributed by atoms with Crippen molar-refractivity contribution in [2.24, 2.45) is 10.8 Å². The van der Waals surface area contributed by atoms with E-state index in [0.29, 0.717) is 12.0 Å². The largest absolute Gasteiger partial charge is 0.466 e. The third-order valence-electron chi connectivity index (χ3n) is 11.9. The summed E-state index contributed by atoms with van der Waals surface area (Å²) >= 11 is 0. The number of carbonyl (C=O) groups is 5. The maximum absolute atomic E-state index is 13.4. The first-order chi connectivity index (χ1) is 27.9. The molecule has 60 heavy (non-hydrogen) atoms. The molecule has 6 bridgehead atoms. The lowest BCUT2D eigenvalue weighted by molar-refractivity contribution is -0.348. The van der Waals surface area contributed by atoms with Gasteiger partial charge in [-0.25, -0.2) is 9.59 Å². The van der Waals surface area contributed by atoms with Gasteiger partial charge >= 0.3 is 29.8 Å². The van der Waals surface area contributed by atoms with Crippen LogP contribution in [0.4, 0.5) is 0 Å². The van der Waals surface area contributed by atoms with Gasteiger partial charge in [0.15, 0.2) is 11.9 Å². The van der Waals surface area contributed by atoms with Gasteiger partial charge in [-0.3, -0.25) is 14.4 Å². The highest BCUT2D eigenvalue weighted by Crippen LogP contribution is 2.50. The van der Waals surface area contributed by atoms with Gasteiger partial charge < -0.3 is 58.3 Å². The molecule has 17 nitrogen and oxygen atoms in total. The number of hydrogen-bond acceptors (Lipinski definition) is 17. The Hall–Kier alpha value is -3.71. The third kappa shape index (κ3) is 11.8. The first-order valence-corrected chi connectivity index (χ1v) is 20.6. The second-order valence-corrected chi connectivity index (χ2v) is 17.5. The van der Waals surface area contributed by atoms with Crippen LogP contribution in [0, 0.1) is 10.8 Å². The number of methoxy groups -OCH3 is 2. The van der Waals surface area contributed by atoms with Crippen LogP contribution >= 0.6 is 0 Å². The van der Waals surface area contributed by atoms with Gasteiger partial charge in [-0.2, -0.15) is 0 Å². The molecule has 0 aromatic heterocycles. The average Bonchev–Trinajstić information content (AvgIpc) is 3.13. The predicted molar refractivity (Wildman–Crippen MR) is 210 cm³/mol. The molecular formula is C43H64O17. The van der Waals surface area contributed by atoms with E-state index in [1.807, 2.05) is 0 Å². The minimum absolute atomic E-state index is 0.00840. The van der Waals surface area contributed by atoms with Crippen LogP contribution in [0.15, 0.2) is 35.5 Å². The van der Waals surface area contributed by atoms with Crippen molar-refractivity contribution in [1.29, 1.82) is 0 Å². The van der Waals surface area contributed by atoms with Crippen LogP contribution in [0.3, 0.4) is 0 Å². The van der Waals surface area contributed by atoms with E-state index in [0.717, 1.165) is 6.08 Å². The summed E-state index contributed by atoms with van der Waals surface area (Å²) in [6, 6.07) is 0. The fourth-order valence-electron chi connectivity index (χ4n) is 8.34. The standard InChI is InChI=1S/C43H64O17/c1-10-11-35(47)58-39-27(18-37(49)54-9)17-30-21-33(24(2)44)57-38(50)20-28(46)19-31-22-34(55-25(3)45)41(6,7)42(51,59-31)23-32-15-26(16-36(48)53-8)14-29(56-32)12-13-40(4,5)43(39,52)60-30/h12-13,16,18,24,28-34,39,44,46,51-52H,10-11,14-15,17,19-23H2,1-9H3/b13-12-,26-16+,27-18+/t24-,28-,29+,30+,31-,32+,33-,34+,39+,42+,43-/m1/s1. The van der Waals surface area contributed by atoms with Gasteiger partial charge in [-0.05, 0) is 38.2 Å². The van der Waals surface area contributed by atoms with Crippen LogP contribution in [0.1, 0.15) is 113 Å². The molecule has 3 fully saturated rings. The molecular weight excluding hydrogens is 788 g/mol. The maximum atomic E-state index is 13.4. The van der Waals surface area contributed by atoms with Crippen LogP contribution in [0.25, 0.3) is 0 Å². The van der Waals surface area contributed by atoms with Crippen LogP contribution in [-0.4, -0.2) is 131 Å². The van der Waals surface area contributed by atoms with E-state index in [1.54, 1.807) is 46.8 Å². The van der Waals surface area contributed by atoms with Crippen molar-refractivity contribution in [3.63, 3.8) is 0 Å². The van der Waals surface area contributed by atoms with Crippen molar-refractivity contribution < 1.29 is 82.3 Å². The highest BCUT2D eigenvalue weighted by molar-refractivity contribution is 5.83. The highest BCUT2D eigenvalue weighted by Gasteiger charge is 2.59. The van der Waals surface area contributed by atoms with Crippen LogP contribution in [0.5, 0.6) is 0 Å². The Morgan fingerprint density at radius 1 is 0.900 bits per heavy atom. The van der Waals surface area contributed by atoms with E-state index in [9.17, 15) is 44.4 Å². The van der Waals surface area contributed by atoms with Gasteiger partial charge in [-0.15, -0.1) is 0 Å². The van der Waals surface area contributed by atoms with Gasteiger partial charge in [0.1, 0.15) is 12.2 Å². The van der Waals surface area contributed by atoms with Gasteiger partial charge in [0, 0.05) is 56.6 Å². The normalized spacial score (nSPS) is 37.1. The zero-order chi connectivity index (χ0) is 44.8. The summed E-state index contributed by atoms with van der Waals surface area (Å²) in [5, 5.41) is 47.3. The summed E-state index contributed by atoms with van der Waals surface area (Å²) in [5.74, 6) is -8.01. The van der Waals surface area contributed by atoms with E-state index in [2.05, 4.69) is 0 Å². The molecule has 0 amide bonds. The molecule has 338 valence electrons. The molecule has 4 heterocycles. The molecule has 0 aromatic rings. The molecule has 0 saturated carbocycles. The average molecular weight is 853 g/mol. The Labute approximate surface area is 351 Å². The second-order valence-electron chi connectivity index (χ2n) is 17.5. The molecule has 11 atom stereocenters. The Kier molecular flexibility index (Phi) is 16.3. The van der Waals surface area contributed by atoms with Crippen LogP contribution < -0.4 is 0 Å². The Balaban J connectivity index is 1.89. The third-order valence-corrected chi connectivity index (χ3v) is 11.9. The number of esters is 5. The molecule has 0 aliphatic carbocycles. The molecule has 3 saturated heterocycles. The van der Waals surface area contributed by atoms with Crippen molar-refractivity contribution in [3.8, 4) is 0 Å². The summed E-state index contributed by atoms with van der Waals surface area (Å²) in [5.41, 5.74) is -1.96. The maximum Gasteiger partial charge on any atom is 0.330 e. The molecule has 4 aliphatic heterocycles. The number of hydrogen-bond donors (Lipinski definition) is 4. The van der Waals surface area contributed by atoms with Crippen molar-refractivity contribution in [3.05, 3.63) is 35.5 Å². The lowest BCUT2D eigenvalue weighted by atomic mass is 9.70. The Bertz CT molecular complexity index is 1660. The molecule has 4 rings (SSSR count). The van der Waals surface area contributed by atoms with Crippen molar-refractivity contribution in [2.45, 2.75) is 179 Å². The molecule has 4 aliphatic rings. The smallest absolute Gasteiger partial charge is 0.330 e. The molecule has 0 spiro atoms. The molecule has 0 unspecified atom stereocenters. The first kappa shape index (κ1) is 49.0. The topological polar surface area (TPSA) is 240 Å². The molecule has 0 radical (unpaired) electrons. The summed E-state index contributed by atoms with van der Waals surface area (Å²) in [6.07, 6.45) is -4.54. The zero-order valence-corrected chi connectivity index (χ0v) is 36.2. The minimum Gasteiger partial charge on any atom is -0.466 e. The number of fused-ring (bicyclic) bond motifs is 6. The van der Waals surface area contributed by atoms with E-state index in [1.165, 1.54) is 34.1 Å². The Morgan fingerprint density at radius 3 is 2.18 bits per heavy atom. The number of aliphatic hydroxyl groups excluding tert-OH is 2. The van der Waals surface area contributed by atoms with Crippen molar-refractivity contribution in [2.75, 3.05) is 14.2 Å². The number of carbonyl (C=O) groups excluding carboxylic acids is 5. The minimum atomic E-state index is -2.41. The van der Waals surface area contributed by atoms with Crippen LogP contribution in [-0.2, 0) is 61.9 Å². The first-order valence-electron chi connectivity index (χ1n) is 20.6. The van der Waals surface area contributed by atoms with E-state index in [4.69, 9.17) is 37.9 Å². The van der Waals surface area contributed by atoms with Crippen LogP contribution in [0.2, 0.25) is 0 Å². The monoisotopic (exact) mass is 852 g/mol. The summed E-state index contributed by atoms with van der Waals surface area (Å²) in [6.45, 7) is 11.0. The number of ether oxygens (including phenoxy) is 8. The number of cyclic esters (lactones) is 1. The SMILES string of the molecule is CCCC(=O)O[C@H]1/C(=C/C(=O)OC)C[C@H]2C[C@H]([C@@H](C)O)OC(=O)C[C@H](O)C[C@@H]3C[C@H](OC(C)=O)C(C)(C)[C@](O)(C[C@@H]4C/C(=C/C(=O)OC)C[C@H](/C=C\C(C)(C)[C@]1(O)O2)O4)O3. The summed E-state index contributed by atoms with van der Waals surface area (Å²) in [4.78, 5) is 64.1. The molecule has 17 heteroatoms.